The number of hydrogen-bond donors (Lipinski definition) is 1. The van der Waals surface area contributed by atoms with Crippen molar-refractivity contribution < 1.29 is 23.5 Å². The van der Waals surface area contributed by atoms with Gasteiger partial charge in [0.15, 0.2) is 5.78 Å². The first-order valence-electron chi connectivity index (χ1n) is 7.82. The summed E-state index contributed by atoms with van der Waals surface area (Å²) in [5.74, 6) is -3.04. The van der Waals surface area contributed by atoms with Gasteiger partial charge >= 0.3 is 5.97 Å². The quantitative estimate of drug-likeness (QED) is 0.665. The summed E-state index contributed by atoms with van der Waals surface area (Å²) in [5, 5.41) is 2.76. The van der Waals surface area contributed by atoms with E-state index >= 15 is 0 Å². The van der Waals surface area contributed by atoms with Crippen molar-refractivity contribution in [3.8, 4) is 0 Å². The number of benzene rings is 1. The van der Waals surface area contributed by atoms with Crippen molar-refractivity contribution in [2.24, 2.45) is 11.8 Å². The monoisotopic (exact) mass is 331 g/mol. The predicted octanol–water partition coefficient (Wildman–Crippen LogP) is 2.08. The number of ether oxygens (including phenoxy) is 1. The van der Waals surface area contributed by atoms with E-state index in [0.29, 0.717) is 23.3 Å². The minimum atomic E-state index is -0.869. The zero-order valence-electron chi connectivity index (χ0n) is 13.5. The first kappa shape index (κ1) is 16.4. The van der Waals surface area contributed by atoms with E-state index in [9.17, 15) is 18.8 Å². The average Bonchev–Trinajstić information content (AvgIpc) is 2.54. The highest BCUT2D eigenvalue weighted by atomic mass is 19.1. The van der Waals surface area contributed by atoms with Crippen LogP contribution in [0.3, 0.4) is 0 Å². The summed E-state index contributed by atoms with van der Waals surface area (Å²) < 4.78 is 18.0. The minimum absolute atomic E-state index is 0.0957. The number of carbonyl (C=O) groups excluding carboxylic acids is 3. The number of allylic oxidation sites excluding steroid dienone is 2. The molecule has 0 saturated carbocycles. The number of carbonyl (C=O) groups is 3. The Morgan fingerprint density at radius 2 is 1.88 bits per heavy atom. The van der Waals surface area contributed by atoms with E-state index in [2.05, 4.69) is 5.32 Å². The SMILES string of the molecule is COC(=O)[C@@H]1C(=O)C2=C(C[C@@H]1C)NC(=O)C[C@@H]2c1ccc(F)cc1. The lowest BCUT2D eigenvalue weighted by Gasteiger charge is -2.36. The number of nitrogens with one attached hydrogen (secondary N) is 1. The molecule has 0 unspecified atom stereocenters. The van der Waals surface area contributed by atoms with Crippen LogP contribution >= 0.6 is 0 Å². The van der Waals surface area contributed by atoms with Crippen molar-refractivity contribution in [3.63, 3.8) is 0 Å². The lowest BCUT2D eigenvalue weighted by molar-refractivity contribution is -0.151. The summed E-state index contributed by atoms with van der Waals surface area (Å²) in [6.45, 7) is 1.79. The first-order chi connectivity index (χ1) is 11.4. The second kappa shape index (κ2) is 6.19. The smallest absolute Gasteiger partial charge is 0.316 e. The van der Waals surface area contributed by atoms with Crippen molar-refractivity contribution in [2.75, 3.05) is 7.11 Å². The molecule has 2 aliphatic rings. The highest BCUT2D eigenvalue weighted by molar-refractivity contribution is 6.11. The van der Waals surface area contributed by atoms with Gasteiger partial charge in [-0.05, 0) is 30.0 Å². The Hall–Kier alpha value is -2.50. The molecule has 0 radical (unpaired) electrons. The number of halogens is 1. The number of rotatable bonds is 2. The Morgan fingerprint density at radius 1 is 1.21 bits per heavy atom. The topological polar surface area (TPSA) is 72.5 Å². The molecule has 0 spiro atoms. The molecule has 0 bridgehead atoms. The maximum Gasteiger partial charge on any atom is 0.316 e. The number of methoxy groups -OCH3 is 1. The van der Waals surface area contributed by atoms with Crippen LogP contribution in [0.1, 0.15) is 31.2 Å². The Balaban J connectivity index is 2.06. The summed E-state index contributed by atoms with van der Waals surface area (Å²) in [6.07, 6.45) is 0.517. The molecule has 0 aromatic heterocycles. The van der Waals surface area contributed by atoms with Gasteiger partial charge in [0.05, 0.1) is 7.11 Å². The van der Waals surface area contributed by atoms with Crippen LogP contribution in [-0.2, 0) is 19.1 Å². The molecule has 6 heteroatoms. The minimum Gasteiger partial charge on any atom is -0.468 e. The van der Waals surface area contributed by atoms with Crippen LogP contribution in [0.4, 0.5) is 4.39 Å². The molecule has 1 amide bonds. The van der Waals surface area contributed by atoms with Gasteiger partial charge in [-0.1, -0.05) is 19.1 Å². The molecule has 3 rings (SSSR count). The summed E-state index contributed by atoms with van der Waals surface area (Å²) in [4.78, 5) is 37.0. The van der Waals surface area contributed by atoms with Crippen molar-refractivity contribution in [3.05, 3.63) is 46.9 Å². The van der Waals surface area contributed by atoms with Crippen LogP contribution < -0.4 is 5.32 Å². The maximum atomic E-state index is 13.2. The van der Waals surface area contributed by atoms with E-state index in [1.807, 2.05) is 0 Å². The summed E-state index contributed by atoms with van der Waals surface area (Å²) in [5.41, 5.74) is 1.69. The molecule has 126 valence electrons. The standard InChI is InChI=1S/C18H18FNO4/c1-9-7-13-16(17(22)15(9)18(23)24-2)12(8-14(21)20-13)10-3-5-11(19)6-4-10/h3-6,9,12,15H,7-8H2,1-2H3,(H,20,21)/t9-,12+,15-/m0/s1. The van der Waals surface area contributed by atoms with Crippen LogP contribution in [0.25, 0.3) is 0 Å². The van der Waals surface area contributed by atoms with Gasteiger partial charge in [-0.25, -0.2) is 4.39 Å². The Bertz CT molecular complexity index is 738. The van der Waals surface area contributed by atoms with Gasteiger partial charge in [-0.15, -0.1) is 0 Å². The van der Waals surface area contributed by atoms with E-state index in [0.717, 1.165) is 0 Å². The Labute approximate surface area is 138 Å². The normalized spacial score (nSPS) is 26.7. The molecule has 1 aromatic carbocycles. The molecule has 1 heterocycles. The lowest BCUT2D eigenvalue weighted by Crippen LogP contribution is -2.44. The molecular weight excluding hydrogens is 313 g/mol. The van der Waals surface area contributed by atoms with E-state index in [4.69, 9.17) is 4.74 Å². The van der Waals surface area contributed by atoms with Gasteiger partial charge in [0.2, 0.25) is 5.91 Å². The van der Waals surface area contributed by atoms with Gasteiger partial charge < -0.3 is 10.1 Å². The van der Waals surface area contributed by atoms with Gasteiger partial charge in [-0.2, -0.15) is 0 Å². The Kier molecular flexibility index (Phi) is 4.22. The molecule has 1 aromatic rings. The zero-order valence-corrected chi connectivity index (χ0v) is 13.5. The molecule has 1 aliphatic heterocycles. The fraction of sp³-hybridized carbons (Fsp3) is 0.389. The molecule has 24 heavy (non-hydrogen) atoms. The van der Waals surface area contributed by atoms with Crippen LogP contribution in [0.2, 0.25) is 0 Å². The summed E-state index contributed by atoms with van der Waals surface area (Å²) in [6, 6.07) is 5.74. The zero-order chi connectivity index (χ0) is 17.4. The molecule has 1 N–H and O–H groups in total. The van der Waals surface area contributed by atoms with Crippen LogP contribution in [0.15, 0.2) is 35.5 Å². The van der Waals surface area contributed by atoms with Crippen LogP contribution in [-0.4, -0.2) is 24.8 Å². The fourth-order valence-electron chi connectivity index (χ4n) is 3.58. The number of esters is 1. The molecular formula is C18H18FNO4. The van der Waals surface area contributed by atoms with Gasteiger partial charge in [0.1, 0.15) is 11.7 Å². The summed E-state index contributed by atoms with van der Waals surface area (Å²) in [7, 11) is 1.26. The Morgan fingerprint density at radius 3 is 2.50 bits per heavy atom. The van der Waals surface area contributed by atoms with E-state index in [1.165, 1.54) is 19.2 Å². The maximum absolute atomic E-state index is 13.2. The highest BCUT2D eigenvalue weighted by Gasteiger charge is 2.45. The van der Waals surface area contributed by atoms with Crippen molar-refractivity contribution in [1.82, 2.24) is 5.32 Å². The molecule has 0 fully saturated rings. The third-order valence-electron chi connectivity index (χ3n) is 4.72. The molecule has 3 atom stereocenters. The third-order valence-corrected chi connectivity index (χ3v) is 4.72. The predicted molar refractivity (Wildman–Crippen MR) is 83.2 cm³/mol. The van der Waals surface area contributed by atoms with Crippen LogP contribution in [0.5, 0.6) is 0 Å². The molecule has 1 aliphatic carbocycles. The average molecular weight is 331 g/mol. The van der Waals surface area contributed by atoms with Crippen molar-refractivity contribution in [2.45, 2.75) is 25.7 Å². The number of ketones is 1. The largest absolute Gasteiger partial charge is 0.468 e. The van der Waals surface area contributed by atoms with Crippen LogP contribution in [0, 0.1) is 17.7 Å². The van der Waals surface area contributed by atoms with Gasteiger partial charge in [0.25, 0.3) is 0 Å². The second-order valence-electron chi connectivity index (χ2n) is 6.30. The van der Waals surface area contributed by atoms with E-state index < -0.39 is 17.8 Å². The van der Waals surface area contributed by atoms with Crippen molar-refractivity contribution >= 4 is 17.7 Å². The molecule has 0 saturated heterocycles. The van der Waals surface area contributed by atoms with Gasteiger partial charge in [-0.3, -0.25) is 14.4 Å². The van der Waals surface area contributed by atoms with Crippen molar-refractivity contribution in [1.29, 1.82) is 0 Å². The number of Topliss-reactive ketones (excluding diaryl/α,β-unsaturated/α-hetero) is 1. The first-order valence-corrected chi connectivity index (χ1v) is 7.82. The van der Waals surface area contributed by atoms with E-state index in [-0.39, 0.29) is 29.8 Å². The molecule has 5 nitrogen and oxygen atoms in total. The second-order valence-corrected chi connectivity index (χ2v) is 6.30. The lowest BCUT2D eigenvalue weighted by atomic mass is 9.70. The number of hydrogen-bond acceptors (Lipinski definition) is 4. The third kappa shape index (κ3) is 2.72. The van der Waals surface area contributed by atoms with E-state index in [1.54, 1.807) is 19.1 Å². The van der Waals surface area contributed by atoms with Gasteiger partial charge in [0, 0.05) is 23.6 Å². The highest BCUT2D eigenvalue weighted by Crippen LogP contribution is 2.42. The number of amides is 1. The summed E-state index contributed by atoms with van der Waals surface area (Å²) >= 11 is 0. The fourth-order valence-corrected chi connectivity index (χ4v) is 3.58.